The largest absolute Gasteiger partial charge is 0.307 e. The smallest absolute Gasteiger partial charge is 0.252 e. The molecule has 0 spiro atoms. The Bertz CT molecular complexity index is 820. The van der Waals surface area contributed by atoms with Crippen LogP contribution in [0.25, 0.3) is 0 Å². The van der Waals surface area contributed by atoms with Gasteiger partial charge in [0.15, 0.2) is 0 Å². The Labute approximate surface area is 145 Å². The van der Waals surface area contributed by atoms with Crippen LogP contribution in [-0.4, -0.2) is 51.7 Å². The van der Waals surface area contributed by atoms with Crippen LogP contribution in [0.4, 0.5) is 5.69 Å². The number of para-hydroxylation sites is 1. The standard InChI is InChI=1S/C18H19N3O4/c1-9-17(24)21-15(18(25)19(9)10(2)22)8-13-12-6-4-5-7-14(12)20(11(3)23)16(13)21/h4-7,9,13,15-16H,8H2,1-3H3/t9-,13-,15+,16-/m0/s1. The summed E-state index contributed by atoms with van der Waals surface area (Å²) in [4.78, 5) is 54.1. The van der Waals surface area contributed by atoms with E-state index in [1.165, 1.54) is 18.7 Å². The summed E-state index contributed by atoms with van der Waals surface area (Å²) >= 11 is 0. The average molecular weight is 341 g/mol. The van der Waals surface area contributed by atoms with Gasteiger partial charge in [0.05, 0.1) is 0 Å². The lowest BCUT2D eigenvalue weighted by Gasteiger charge is -2.43. The van der Waals surface area contributed by atoms with Crippen molar-refractivity contribution in [1.29, 1.82) is 0 Å². The Morgan fingerprint density at radius 3 is 2.28 bits per heavy atom. The van der Waals surface area contributed by atoms with E-state index in [2.05, 4.69) is 0 Å². The minimum Gasteiger partial charge on any atom is -0.307 e. The highest BCUT2D eigenvalue weighted by molar-refractivity contribution is 6.07. The first-order chi connectivity index (χ1) is 11.8. The SMILES string of the molecule is CC(=O)N1C(=O)[C@H]2C[C@H]3c4ccccc4N(C(C)=O)[C@H]3N2C(=O)[C@@H]1C. The highest BCUT2D eigenvalue weighted by Crippen LogP contribution is 2.51. The zero-order chi connectivity index (χ0) is 18.0. The third-order valence-electron chi connectivity index (χ3n) is 5.52. The second kappa shape index (κ2) is 5.15. The lowest BCUT2D eigenvalue weighted by Crippen LogP contribution is -2.66. The summed E-state index contributed by atoms with van der Waals surface area (Å²) in [6, 6.07) is 6.01. The Morgan fingerprint density at radius 1 is 1.00 bits per heavy atom. The van der Waals surface area contributed by atoms with Gasteiger partial charge in [-0.05, 0) is 25.0 Å². The van der Waals surface area contributed by atoms with E-state index in [1.54, 1.807) is 11.8 Å². The number of carbonyl (C=O) groups excluding carboxylic acids is 4. The molecule has 25 heavy (non-hydrogen) atoms. The fraction of sp³-hybridized carbons (Fsp3) is 0.444. The Hall–Kier alpha value is -2.70. The van der Waals surface area contributed by atoms with Crippen LogP contribution < -0.4 is 4.90 Å². The maximum atomic E-state index is 13.0. The van der Waals surface area contributed by atoms with Crippen LogP contribution in [0.5, 0.6) is 0 Å². The molecule has 2 saturated heterocycles. The van der Waals surface area contributed by atoms with Crippen LogP contribution >= 0.6 is 0 Å². The molecule has 4 amide bonds. The number of hydrogen-bond acceptors (Lipinski definition) is 4. The van der Waals surface area contributed by atoms with Crippen molar-refractivity contribution in [2.45, 2.75) is 51.4 Å². The maximum Gasteiger partial charge on any atom is 0.252 e. The molecule has 3 aliphatic heterocycles. The molecule has 3 heterocycles. The van der Waals surface area contributed by atoms with Gasteiger partial charge in [-0.1, -0.05) is 18.2 Å². The van der Waals surface area contributed by atoms with Gasteiger partial charge in [0.25, 0.3) is 5.91 Å². The number of rotatable bonds is 0. The van der Waals surface area contributed by atoms with E-state index in [0.29, 0.717) is 6.42 Å². The van der Waals surface area contributed by atoms with Crippen molar-refractivity contribution in [3.63, 3.8) is 0 Å². The fourth-order valence-corrected chi connectivity index (χ4v) is 4.57. The van der Waals surface area contributed by atoms with Gasteiger partial charge in [0.2, 0.25) is 17.7 Å². The Kier molecular flexibility index (Phi) is 3.25. The number of anilines is 1. The monoisotopic (exact) mass is 341 g/mol. The molecule has 3 aliphatic rings. The minimum atomic E-state index is -0.850. The lowest BCUT2D eigenvalue weighted by atomic mass is 9.96. The van der Waals surface area contributed by atoms with Crippen LogP contribution in [0.1, 0.15) is 38.7 Å². The quantitative estimate of drug-likeness (QED) is 0.701. The molecule has 1 aromatic rings. The summed E-state index contributed by atoms with van der Waals surface area (Å²) in [7, 11) is 0. The van der Waals surface area contributed by atoms with E-state index in [4.69, 9.17) is 0 Å². The zero-order valence-corrected chi connectivity index (χ0v) is 14.3. The van der Waals surface area contributed by atoms with Gasteiger partial charge in [-0.15, -0.1) is 0 Å². The number of imide groups is 1. The van der Waals surface area contributed by atoms with Crippen molar-refractivity contribution in [2.24, 2.45) is 0 Å². The minimum absolute atomic E-state index is 0.114. The summed E-state index contributed by atoms with van der Waals surface area (Å²) in [5.41, 5.74) is 1.77. The van der Waals surface area contributed by atoms with Gasteiger partial charge in [0.1, 0.15) is 18.2 Å². The molecule has 0 aliphatic carbocycles. The van der Waals surface area contributed by atoms with Crippen molar-refractivity contribution in [2.75, 3.05) is 4.90 Å². The van der Waals surface area contributed by atoms with E-state index in [1.807, 2.05) is 24.3 Å². The number of piperazine rings is 1. The second-order valence-electron chi connectivity index (χ2n) is 6.87. The van der Waals surface area contributed by atoms with E-state index in [0.717, 1.165) is 16.2 Å². The average Bonchev–Trinajstić information content (AvgIpc) is 3.07. The lowest BCUT2D eigenvalue weighted by molar-refractivity contribution is -0.166. The molecule has 4 atom stereocenters. The maximum absolute atomic E-state index is 13.0. The van der Waals surface area contributed by atoms with Crippen molar-refractivity contribution in [3.8, 4) is 0 Å². The number of amides is 4. The third-order valence-corrected chi connectivity index (χ3v) is 5.52. The van der Waals surface area contributed by atoms with Crippen LogP contribution in [0.3, 0.4) is 0 Å². The molecular weight excluding hydrogens is 322 g/mol. The highest BCUT2D eigenvalue weighted by Gasteiger charge is 2.59. The van der Waals surface area contributed by atoms with Crippen molar-refractivity contribution in [1.82, 2.24) is 9.80 Å². The summed E-state index contributed by atoms with van der Waals surface area (Å²) in [5.74, 6) is -1.34. The summed E-state index contributed by atoms with van der Waals surface area (Å²) in [6.45, 7) is 4.32. The first-order valence-electron chi connectivity index (χ1n) is 8.39. The molecule has 0 N–H and O–H groups in total. The predicted octanol–water partition coefficient (Wildman–Crippen LogP) is 0.841. The second-order valence-corrected chi connectivity index (χ2v) is 6.87. The number of benzene rings is 1. The molecule has 0 aromatic heterocycles. The highest BCUT2D eigenvalue weighted by atomic mass is 16.2. The van der Waals surface area contributed by atoms with Gasteiger partial charge >= 0.3 is 0 Å². The fourth-order valence-electron chi connectivity index (χ4n) is 4.57. The third kappa shape index (κ3) is 1.92. The molecular formula is C18H19N3O4. The zero-order valence-electron chi connectivity index (χ0n) is 14.3. The van der Waals surface area contributed by atoms with E-state index in [-0.39, 0.29) is 23.6 Å². The van der Waals surface area contributed by atoms with E-state index < -0.39 is 24.2 Å². The molecule has 0 saturated carbocycles. The van der Waals surface area contributed by atoms with Gasteiger partial charge < -0.3 is 4.90 Å². The Balaban J connectivity index is 1.82. The first kappa shape index (κ1) is 15.8. The number of fused-ring (bicyclic) bond motifs is 5. The number of carbonyl (C=O) groups is 4. The molecule has 2 fully saturated rings. The molecule has 0 unspecified atom stereocenters. The molecule has 1 aromatic carbocycles. The normalized spacial score (nSPS) is 30.3. The molecule has 7 heteroatoms. The Morgan fingerprint density at radius 2 is 1.64 bits per heavy atom. The van der Waals surface area contributed by atoms with Crippen LogP contribution in [0, 0.1) is 0 Å². The van der Waals surface area contributed by atoms with Crippen molar-refractivity contribution < 1.29 is 19.2 Å². The van der Waals surface area contributed by atoms with Crippen molar-refractivity contribution in [3.05, 3.63) is 29.8 Å². The van der Waals surface area contributed by atoms with Crippen LogP contribution in [0.15, 0.2) is 24.3 Å². The first-order valence-corrected chi connectivity index (χ1v) is 8.39. The summed E-state index contributed by atoms with van der Waals surface area (Å²) in [6.07, 6.45) is -0.0695. The number of nitrogens with zero attached hydrogens (tertiary/aromatic N) is 3. The topological polar surface area (TPSA) is 78.0 Å². The van der Waals surface area contributed by atoms with Crippen LogP contribution in [-0.2, 0) is 19.2 Å². The summed E-state index contributed by atoms with van der Waals surface area (Å²) in [5, 5.41) is 0. The van der Waals surface area contributed by atoms with E-state index >= 15 is 0 Å². The van der Waals surface area contributed by atoms with Crippen molar-refractivity contribution >= 4 is 29.3 Å². The molecule has 0 bridgehead atoms. The summed E-state index contributed by atoms with van der Waals surface area (Å²) < 4.78 is 0. The molecule has 0 radical (unpaired) electrons. The van der Waals surface area contributed by atoms with Gasteiger partial charge in [-0.3, -0.25) is 29.0 Å². The van der Waals surface area contributed by atoms with E-state index in [9.17, 15) is 19.2 Å². The number of hydrogen-bond donors (Lipinski definition) is 0. The molecule has 7 nitrogen and oxygen atoms in total. The molecule has 4 rings (SSSR count). The predicted molar refractivity (Wildman–Crippen MR) is 88.4 cm³/mol. The molecule has 130 valence electrons. The van der Waals surface area contributed by atoms with Gasteiger partial charge in [-0.2, -0.15) is 0 Å². The van der Waals surface area contributed by atoms with Gasteiger partial charge in [-0.25, -0.2) is 0 Å². The van der Waals surface area contributed by atoms with Crippen LogP contribution in [0.2, 0.25) is 0 Å². The van der Waals surface area contributed by atoms with Gasteiger partial charge in [0, 0.05) is 25.5 Å².